The summed E-state index contributed by atoms with van der Waals surface area (Å²) < 4.78 is 67.9. The molecule has 0 unspecified atom stereocenters. The summed E-state index contributed by atoms with van der Waals surface area (Å²) in [4.78, 5) is 15.0. The van der Waals surface area contributed by atoms with Crippen LogP contribution in [0, 0.1) is 11.6 Å². The standard InChI is InChI=1S/C22H18BrF2N5O4S2/c1-33-21-16(29-36(31,32)17-3-2-13(24)9-15(17)25)8-12(10-26-21)18-20-19(14(23)11-35-20)28-22(27-18)30-4-6-34-7-5-30/h2-3,8-11,29H,4-7H2,1H3. The van der Waals surface area contributed by atoms with Gasteiger partial charge in [-0.15, -0.1) is 11.3 Å². The van der Waals surface area contributed by atoms with Gasteiger partial charge in [0.2, 0.25) is 11.8 Å². The molecule has 0 aliphatic carbocycles. The van der Waals surface area contributed by atoms with Crippen molar-refractivity contribution in [1.82, 2.24) is 15.0 Å². The topological polar surface area (TPSA) is 107 Å². The van der Waals surface area contributed by atoms with Gasteiger partial charge in [-0.25, -0.2) is 32.2 Å². The molecule has 0 spiro atoms. The number of thiophene rings is 1. The number of sulfonamides is 1. The molecule has 1 fully saturated rings. The average molecular weight is 598 g/mol. The number of anilines is 2. The van der Waals surface area contributed by atoms with E-state index >= 15 is 0 Å². The van der Waals surface area contributed by atoms with Crippen LogP contribution in [0.4, 0.5) is 20.4 Å². The maximum Gasteiger partial charge on any atom is 0.264 e. The lowest BCUT2D eigenvalue weighted by molar-refractivity contribution is 0.122. The summed E-state index contributed by atoms with van der Waals surface area (Å²) in [5.41, 5.74) is 1.71. The van der Waals surface area contributed by atoms with Gasteiger partial charge in [-0.1, -0.05) is 0 Å². The number of nitrogens with one attached hydrogen (secondary N) is 1. The van der Waals surface area contributed by atoms with Crippen molar-refractivity contribution in [3.8, 4) is 17.1 Å². The highest BCUT2D eigenvalue weighted by atomic mass is 79.9. The van der Waals surface area contributed by atoms with Crippen molar-refractivity contribution in [3.05, 3.63) is 51.9 Å². The Labute approximate surface area is 217 Å². The number of morpholine rings is 1. The quantitative estimate of drug-likeness (QED) is 0.348. The Morgan fingerprint density at radius 1 is 1.19 bits per heavy atom. The number of pyridine rings is 1. The van der Waals surface area contributed by atoms with Gasteiger partial charge in [0.15, 0.2) is 0 Å². The number of ether oxygens (including phenoxy) is 2. The van der Waals surface area contributed by atoms with Gasteiger partial charge in [-0.3, -0.25) is 4.72 Å². The highest BCUT2D eigenvalue weighted by molar-refractivity contribution is 9.10. The molecule has 0 atom stereocenters. The summed E-state index contributed by atoms with van der Waals surface area (Å²) in [7, 11) is -3.10. The molecule has 1 aliphatic rings. The highest BCUT2D eigenvalue weighted by Crippen LogP contribution is 2.38. The van der Waals surface area contributed by atoms with Gasteiger partial charge in [-0.2, -0.15) is 0 Å². The first-order chi connectivity index (χ1) is 17.3. The Morgan fingerprint density at radius 3 is 2.69 bits per heavy atom. The molecule has 5 rings (SSSR count). The number of nitrogens with zero attached hydrogens (tertiary/aromatic N) is 4. The summed E-state index contributed by atoms with van der Waals surface area (Å²) in [6, 6.07) is 3.72. The minimum absolute atomic E-state index is 0.0316. The zero-order chi connectivity index (χ0) is 25.4. The molecule has 1 saturated heterocycles. The van der Waals surface area contributed by atoms with Crippen LogP contribution in [-0.4, -0.2) is 56.8 Å². The van der Waals surface area contributed by atoms with Crippen LogP contribution < -0.4 is 14.4 Å². The van der Waals surface area contributed by atoms with E-state index in [9.17, 15) is 17.2 Å². The maximum absolute atomic E-state index is 14.2. The number of aromatic nitrogens is 3. The van der Waals surface area contributed by atoms with Crippen LogP contribution in [0.3, 0.4) is 0 Å². The molecule has 4 heterocycles. The molecule has 1 N–H and O–H groups in total. The first-order valence-electron chi connectivity index (χ1n) is 10.6. The van der Waals surface area contributed by atoms with Crippen LogP contribution in [0.1, 0.15) is 0 Å². The van der Waals surface area contributed by atoms with Crippen molar-refractivity contribution >= 4 is 59.1 Å². The van der Waals surface area contributed by atoms with Crippen molar-refractivity contribution in [1.29, 1.82) is 0 Å². The molecule has 188 valence electrons. The van der Waals surface area contributed by atoms with Gasteiger partial charge in [0.25, 0.3) is 10.0 Å². The Kier molecular flexibility index (Phi) is 6.76. The first-order valence-corrected chi connectivity index (χ1v) is 13.7. The SMILES string of the molecule is COc1ncc(-c2nc(N3CCOCC3)nc3c(Br)csc23)cc1NS(=O)(=O)c1ccc(F)cc1F. The van der Waals surface area contributed by atoms with Crippen molar-refractivity contribution < 1.29 is 26.7 Å². The molecule has 14 heteroatoms. The molecule has 9 nitrogen and oxygen atoms in total. The minimum atomic E-state index is -4.43. The second-order valence-corrected chi connectivity index (χ2v) is 11.1. The number of rotatable bonds is 6. The summed E-state index contributed by atoms with van der Waals surface area (Å²) in [6.45, 7) is 2.36. The van der Waals surface area contributed by atoms with Crippen LogP contribution in [-0.2, 0) is 14.8 Å². The van der Waals surface area contributed by atoms with E-state index in [1.165, 1.54) is 30.7 Å². The van der Waals surface area contributed by atoms with E-state index in [4.69, 9.17) is 19.4 Å². The van der Waals surface area contributed by atoms with Crippen molar-refractivity contribution in [2.75, 3.05) is 43.0 Å². The normalized spacial score (nSPS) is 14.3. The Morgan fingerprint density at radius 2 is 1.97 bits per heavy atom. The predicted octanol–water partition coefficient (Wildman–Crippen LogP) is 4.44. The Balaban J connectivity index is 1.60. The van der Waals surface area contributed by atoms with Crippen molar-refractivity contribution in [3.63, 3.8) is 0 Å². The van der Waals surface area contributed by atoms with Crippen LogP contribution in [0.2, 0.25) is 0 Å². The summed E-state index contributed by atoms with van der Waals surface area (Å²) in [5, 5.41) is 1.89. The fraction of sp³-hybridized carbons (Fsp3) is 0.227. The third-order valence-electron chi connectivity index (χ3n) is 5.40. The molecule has 36 heavy (non-hydrogen) atoms. The zero-order valence-electron chi connectivity index (χ0n) is 18.7. The van der Waals surface area contributed by atoms with Gasteiger partial charge in [0.1, 0.15) is 27.7 Å². The summed E-state index contributed by atoms with van der Waals surface area (Å²) in [6.07, 6.45) is 1.51. The predicted molar refractivity (Wildman–Crippen MR) is 135 cm³/mol. The molecule has 0 saturated carbocycles. The lowest BCUT2D eigenvalue weighted by atomic mass is 10.2. The van der Waals surface area contributed by atoms with E-state index < -0.39 is 26.6 Å². The molecule has 0 amide bonds. The molecular formula is C22H18BrF2N5O4S2. The van der Waals surface area contributed by atoms with Crippen LogP contribution in [0.15, 0.2) is 45.2 Å². The van der Waals surface area contributed by atoms with Crippen LogP contribution in [0.25, 0.3) is 21.5 Å². The van der Waals surface area contributed by atoms with Gasteiger partial charge in [0, 0.05) is 36.3 Å². The molecule has 0 bridgehead atoms. The van der Waals surface area contributed by atoms with E-state index in [-0.39, 0.29) is 11.6 Å². The summed E-state index contributed by atoms with van der Waals surface area (Å²) >= 11 is 4.96. The van der Waals surface area contributed by atoms with Gasteiger partial charge in [0.05, 0.1) is 35.2 Å². The zero-order valence-corrected chi connectivity index (χ0v) is 21.9. The van der Waals surface area contributed by atoms with Crippen molar-refractivity contribution in [2.45, 2.75) is 4.90 Å². The lowest BCUT2D eigenvalue weighted by Gasteiger charge is -2.27. The maximum atomic E-state index is 14.2. The van der Waals surface area contributed by atoms with E-state index in [0.717, 1.165) is 21.3 Å². The molecule has 4 aromatic rings. The average Bonchev–Trinajstić information content (AvgIpc) is 3.24. The molecule has 0 radical (unpaired) electrons. The first kappa shape index (κ1) is 24.7. The molecule has 1 aliphatic heterocycles. The Hall–Kier alpha value is -2.94. The third-order valence-corrected chi connectivity index (χ3v) is 8.68. The van der Waals surface area contributed by atoms with Crippen LogP contribution in [0.5, 0.6) is 5.88 Å². The summed E-state index contributed by atoms with van der Waals surface area (Å²) in [5.74, 6) is -1.64. The number of benzene rings is 1. The molecule has 3 aromatic heterocycles. The highest BCUT2D eigenvalue weighted by Gasteiger charge is 2.24. The molecule has 1 aromatic carbocycles. The van der Waals surface area contributed by atoms with E-state index in [1.807, 2.05) is 10.3 Å². The lowest BCUT2D eigenvalue weighted by Crippen LogP contribution is -2.37. The largest absolute Gasteiger partial charge is 0.480 e. The monoisotopic (exact) mass is 597 g/mol. The fourth-order valence-electron chi connectivity index (χ4n) is 3.69. The minimum Gasteiger partial charge on any atom is -0.480 e. The number of hydrogen-bond donors (Lipinski definition) is 1. The van der Waals surface area contributed by atoms with Crippen LogP contribution >= 0.6 is 27.3 Å². The second kappa shape index (κ2) is 9.84. The van der Waals surface area contributed by atoms with E-state index in [1.54, 1.807) is 0 Å². The number of methoxy groups -OCH3 is 1. The van der Waals surface area contributed by atoms with E-state index in [0.29, 0.717) is 55.1 Å². The van der Waals surface area contributed by atoms with Crippen molar-refractivity contribution in [2.24, 2.45) is 0 Å². The number of halogens is 3. The van der Waals surface area contributed by atoms with Gasteiger partial charge in [-0.05, 0) is 34.1 Å². The number of hydrogen-bond acceptors (Lipinski definition) is 9. The smallest absolute Gasteiger partial charge is 0.264 e. The number of fused-ring (bicyclic) bond motifs is 1. The molecular weight excluding hydrogens is 580 g/mol. The van der Waals surface area contributed by atoms with E-state index in [2.05, 4.69) is 25.6 Å². The van der Waals surface area contributed by atoms with Gasteiger partial charge >= 0.3 is 0 Å². The van der Waals surface area contributed by atoms with Gasteiger partial charge < -0.3 is 14.4 Å². The Bertz CT molecular complexity index is 1560. The second-order valence-electron chi connectivity index (χ2n) is 7.69. The third kappa shape index (κ3) is 4.73. The fourth-order valence-corrected chi connectivity index (χ4v) is 6.37.